The molecule has 104 valence electrons. The minimum absolute atomic E-state index is 0.00139. The molecule has 0 aromatic carbocycles. The van der Waals surface area contributed by atoms with Gasteiger partial charge in [0.1, 0.15) is 6.07 Å². The second kappa shape index (κ2) is 4.18. The van der Waals surface area contributed by atoms with Crippen molar-refractivity contribution in [2.24, 2.45) is 16.7 Å². The van der Waals surface area contributed by atoms with E-state index in [9.17, 15) is 10.1 Å². The van der Waals surface area contributed by atoms with Crippen LogP contribution in [0.1, 0.15) is 47.0 Å². The first-order valence-corrected chi connectivity index (χ1v) is 6.91. The van der Waals surface area contributed by atoms with E-state index in [0.717, 1.165) is 19.3 Å². The van der Waals surface area contributed by atoms with E-state index in [1.54, 1.807) is 7.11 Å². The smallest absolute Gasteiger partial charge is 0.178 e. The molecule has 0 saturated heterocycles. The minimum Gasteiger partial charge on any atom is -0.378 e. The maximum absolute atomic E-state index is 12.4. The van der Waals surface area contributed by atoms with E-state index < -0.39 is 5.41 Å². The Balaban J connectivity index is 2.50. The summed E-state index contributed by atoms with van der Waals surface area (Å²) in [4.78, 5) is 12.4. The molecule has 3 heteroatoms. The highest BCUT2D eigenvalue weighted by Crippen LogP contribution is 2.57. The molecule has 0 aliphatic heterocycles. The Kier molecular flexibility index (Phi) is 3.14. The summed E-state index contributed by atoms with van der Waals surface area (Å²) >= 11 is 0. The van der Waals surface area contributed by atoms with Crippen molar-refractivity contribution >= 4 is 5.78 Å². The summed E-state index contributed by atoms with van der Waals surface area (Å²) in [6.07, 6.45) is 4.70. The Bertz CT molecular complexity index is 485. The SMILES string of the molecule is CO[C@@]1(C)CC[C@@H]2C(C)(C)C(=O)C(C#N)=C[C@]2(C)C1. The fourth-order valence-electron chi connectivity index (χ4n) is 4.29. The van der Waals surface area contributed by atoms with Crippen LogP contribution in [0.2, 0.25) is 0 Å². The number of hydrogen-bond acceptors (Lipinski definition) is 3. The van der Waals surface area contributed by atoms with Gasteiger partial charge in [-0.3, -0.25) is 4.79 Å². The maximum Gasteiger partial charge on any atom is 0.178 e. The molecule has 0 heterocycles. The minimum atomic E-state index is -0.455. The molecule has 0 unspecified atom stereocenters. The summed E-state index contributed by atoms with van der Waals surface area (Å²) in [7, 11) is 1.75. The number of methoxy groups -OCH3 is 1. The van der Waals surface area contributed by atoms with Gasteiger partial charge in [0.25, 0.3) is 0 Å². The van der Waals surface area contributed by atoms with Gasteiger partial charge in [-0.25, -0.2) is 0 Å². The zero-order valence-corrected chi connectivity index (χ0v) is 12.5. The fraction of sp³-hybridized carbons (Fsp3) is 0.750. The van der Waals surface area contributed by atoms with Crippen molar-refractivity contribution in [2.45, 2.75) is 52.6 Å². The van der Waals surface area contributed by atoms with Crippen LogP contribution >= 0.6 is 0 Å². The molecule has 1 fully saturated rings. The Morgan fingerprint density at radius 2 is 2.00 bits per heavy atom. The summed E-state index contributed by atoms with van der Waals surface area (Å²) in [6, 6.07) is 2.08. The molecule has 0 aromatic rings. The third-order valence-electron chi connectivity index (χ3n) is 5.30. The van der Waals surface area contributed by atoms with Crippen LogP contribution in [0.3, 0.4) is 0 Å². The molecule has 0 bridgehead atoms. The number of carbonyl (C=O) groups excluding carboxylic acids is 1. The Labute approximate surface area is 115 Å². The van der Waals surface area contributed by atoms with Crippen molar-refractivity contribution in [1.82, 2.24) is 0 Å². The zero-order chi connectivity index (χ0) is 14.5. The third kappa shape index (κ3) is 2.03. The van der Waals surface area contributed by atoms with Crippen molar-refractivity contribution in [1.29, 1.82) is 5.26 Å². The summed E-state index contributed by atoms with van der Waals surface area (Å²) in [5.41, 5.74) is -0.419. The Morgan fingerprint density at radius 1 is 1.37 bits per heavy atom. The van der Waals surface area contributed by atoms with Gasteiger partial charge in [0.15, 0.2) is 5.78 Å². The van der Waals surface area contributed by atoms with Crippen LogP contribution in [0.5, 0.6) is 0 Å². The topological polar surface area (TPSA) is 50.1 Å². The van der Waals surface area contributed by atoms with E-state index in [4.69, 9.17) is 4.74 Å². The van der Waals surface area contributed by atoms with Gasteiger partial charge >= 0.3 is 0 Å². The van der Waals surface area contributed by atoms with Crippen LogP contribution in [-0.4, -0.2) is 18.5 Å². The highest BCUT2D eigenvalue weighted by molar-refractivity contribution is 6.04. The molecular weight excluding hydrogens is 238 g/mol. The van der Waals surface area contributed by atoms with Crippen LogP contribution in [0, 0.1) is 28.1 Å². The molecule has 0 amide bonds. The van der Waals surface area contributed by atoms with Gasteiger partial charge in [-0.15, -0.1) is 0 Å². The second-order valence-electron chi connectivity index (χ2n) is 7.15. The van der Waals surface area contributed by atoms with Crippen molar-refractivity contribution in [3.05, 3.63) is 11.6 Å². The highest BCUT2D eigenvalue weighted by atomic mass is 16.5. The van der Waals surface area contributed by atoms with E-state index in [1.807, 2.05) is 19.9 Å². The quantitative estimate of drug-likeness (QED) is 0.728. The summed E-state index contributed by atoms with van der Waals surface area (Å²) in [6.45, 7) is 8.26. The van der Waals surface area contributed by atoms with Crippen molar-refractivity contribution in [2.75, 3.05) is 7.11 Å². The van der Waals surface area contributed by atoms with Crippen molar-refractivity contribution in [3.63, 3.8) is 0 Å². The van der Waals surface area contributed by atoms with Crippen molar-refractivity contribution in [3.8, 4) is 6.07 Å². The number of nitrogens with zero attached hydrogens (tertiary/aromatic N) is 1. The largest absolute Gasteiger partial charge is 0.378 e. The number of allylic oxidation sites excluding steroid dienone is 2. The van der Waals surface area contributed by atoms with E-state index in [-0.39, 0.29) is 22.7 Å². The Hall–Kier alpha value is -1.14. The molecule has 2 aliphatic rings. The summed E-state index contributed by atoms with van der Waals surface area (Å²) in [5.74, 6) is 0.284. The monoisotopic (exact) mass is 261 g/mol. The van der Waals surface area contributed by atoms with E-state index in [0.29, 0.717) is 5.57 Å². The van der Waals surface area contributed by atoms with Gasteiger partial charge in [0, 0.05) is 12.5 Å². The van der Waals surface area contributed by atoms with Gasteiger partial charge in [0.05, 0.1) is 11.2 Å². The van der Waals surface area contributed by atoms with Crippen LogP contribution in [-0.2, 0) is 9.53 Å². The first kappa shape index (κ1) is 14.3. The van der Waals surface area contributed by atoms with Crippen LogP contribution in [0.4, 0.5) is 0 Å². The number of rotatable bonds is 1. The lowest BCUT2D eigenvalue weighted by atomic mass is 9.50. The molecular formula is C16H23NO2. The van der Waals surface area contributed by atoms with Gasteiger partial charge in [-0.2, -0.15) is 5.26 Å². The molecule has 0 radical (unpaired) electrons. The number of ether oxygens (including phenoxy) is 1. The van der Waals surface area contributed by atoms with Crippen LogP contribution in [0.25, 0.3) is 0 Å². The van der Waals surface area contributed by atoms with Gasteiger partial charge < -0.3 is 4.74 Å². The van der Waals surface area contributed by atoms with E-state index >= 15 is 0 Å². The third-order valence-corrected chi connectivity index (χ3v) is 5.30. The molecule has 2 rings (SSSR count). The lowest BCUT2D eigenvalue weighted by molar-refractivity contribution is -0.139. The number of fused-ring (bicyclic) bond motifs is 1. The summed E-state index contributed by atoms with van der Waals surface area (Å²) in [5, 5.41) is 9.22. The highest BCUT2D eigenvalue weighted by Gasteiger charge is 2.55. The van der Waals surface area contributed by atoms with Gasteiger partial charge in [-0.05, 0) is 37.5 Å². The molecule has 1 saturated carbocycles. The lowest BCUT2D eigenvalue weighted by Crippen LogP contribution is -2.53. The normalized spacial score (nSPS) is 41.2. The number of ketones is 1. The number of carbonyl (C=O) groups is 1. The summed E-state index contributed by atoms with van der Waals surface area (Å²) < 4.78 is 5.66. The molecule has 19 heavy (non-hydrogen) atoms. The van der Waals surface area contributed by atoms with Gasteiger partial charge in [0.2, 0.25) is 0 Å². The molecule has 0 spiro atoms. The number of hydrogen-bond donors (Lipinski definition) is 0. The van der Waals surface area contributed by atoms with Crippen LogP contribution < -0.4 is 0 Å². The zero-order valence-electron chi connectivity index (χ0n) is 12.5. The number of Topliss-reactive ketones (excluding diaryl/α,β-unsaturated/α-hetero) is 1. The first-order chi connectivity index (χ1) is 8.68. The predicted octanol–water partition coefficient (Wildman–Crippen LogP) is 3.26. The molecule has 0 aromatic heterocycles. The number of nitriles is 1. The van der Waals surface area contributed by atoms with E-state index in [1.165, 1.54) is 0 Å². The van der Waals surface area contributed by atoms with E-state index in [2.05, 4.69) is 19.9 Å². The van der Waals surface area contributed by atoms with Gasteiger partial charge in [-0.1, -0.05) is 26.8 Å². The Morgan fingerprint density at radius 3 is 2.53 bits per heavy atom. The lowest BCUT2D eigenvalue weighted by Gasteiger charge is -2.54. The first-order valence-electron chi connectivity index (χ1n) is 6.91. The molecule has 3 nitrogen and oxygen atoms in total. The second-order valence-corrected chi connectivity index (χ2v) is 7.15. The fourth-order valence-corrected chi connectivity index (χ4v) is 4.29. The average molecular weight is 261 g/mol. The molecule has 3 atom stereocenters. The van der Waals surface area contributed by atoms with Crippen molar-refractivity contribution < 1.29 is 9.53 Å². The average Bonchev–Trinajstić information content (AvgIpc) is 2.33. The molecule has 2 aliphatic carbocycles. The molecule has 0 N–H and O–H groups in total. The standard InChI is InChI=1S/C16H23NO2/c1-14(2)12-6-7-16(4,19-5)10-15(12,3)8-11(9-17)13(14)18/h8,12H,6-7,10H2,1-5H3/t12-,15-,16+/m1/s1. The van der Waals surface area contributed by atoms with Crippen LogP contribution in [0.15, 0.2) is 11.6 Å². The predicted molar refractivity (Wildman–Crippen MR) is 73.3 cm³/mol. The maximum atomic E-state index is 12.4.